The Hall–Kier alpha value is -0.660. The van der Waals surface area contributed by atoms with E-state index in [1.807, 2.05) is 0 Å². The maximum atomic E-state index is 12.5. The first-order chi connectivity index (χ1) is 12.7. The molecule has 2 heteroatoms. The van der Waals surface area contributed by atoms with Gasteiger partial charge in [-0.3, -0.25) is 9.59 Å². The van der Waals surface area contributed by atoms with Crippen molar-refractivity contribution >= 4 is 11.6 Å². The van der Waals surface area contributed by atoms with Crippen molar-refractivity contribution in [3.63, 3.8) is 0 Å². The van der Waals surface area contributed by atoms with E-state index in [1.165, 1.54) is 77.0 Å². The van der Waals surface area contributed by atoms with Gasteiger partial charge in [-0.1, -0.05) is 64.2 Å². The summed E-state index contributed by atoms with van der Waals surface area (Å²) in [4.78, 5) is 25.0. The third-order valence-electron chi connectivity index (χ3n) is 7.65. The van der Waals surface area contributed by atoms with E-state index in [0.29, 0.717) is 36.2 Å². The molecule has 3 atom stereocenters. The lowest BCUT2D eigenvalue weighted by molar-refractivity contribution is -0.124. The average molecular weight is 361 g/mol. The standard InChI is InChI=1S/C24H40O2/c25-22(18-21-14-8-13-19-10-6-7-16-23(19)21)15-9-17-24(26)20-11-4-2-1-3-5-12-20/h19-21,23H,1-18H2. The monoisotopic (exact) mass is 360 g/mol. The molecule has 0 aliphatic heterocycles. The average Bonchev–Trinajstić information content (AvgIpc) is 2.61. The Morgan fingerprint density at radius 3 is 2.12 bits per heavy atom. The third kappa shape index (κ3) is 5.92. The van der Waals surface area contributed by atoms with Crippen LogP contribution in [0.4, 0.5) is 0 Å². The smallest absolute Gasteiger partial charge is 0.135 e. The molecular formula is C24H40O2. The van der Waals surface area contributed by atoms with E-state index < -0.39 is 0 Å². The molecule has 0 aromatic heterocycles. The molecule has 2 nitrogen and oxygen atoms in total. The van der Waals surface area contributed by atoms with Gasteiger partial charge in [-0.25, -0.2) is 0 Å². The maximum Gasteiger partial charge on any atom is 0.135 e. The van der Waals surface area contributed by atoms with Gasteiger partial charge in [-0.2, -0.15) is 0 Å². The molecule has 3 rings (SSSR count). The zero-order valence-corrected chi connectivity index (χ0v) is 16.9. The molecule has 3 aliphatic carbocycles. The van der Waals surface area contributed by atoms with Crippen LogP contribution in [0.2, 0.25) is 0 Å². The van der Waals surface area contributed by atoms with E-state index in [-0.39, 0.29) is 0 Å². The fourth-order valence-corrected chi connectivity index (χ4v) is 6.16. The number of Topliss-reactive ketones (excluding diaryl/α,β-unsaturated/α-hetero) is 2. The summed E-state index contributed by atoms with van der Waals surface area (Å²) in [6.07, 6.45) is 21.0. The van der Waals surface area contributed by atoms with Gasteiger partial charge in [0.15, 0.2) is 0 Å². The highest BCUT2D eigenvalue weighted by Gasteiger charge is 2.35. The fourth-order valence-electron chi connectivity index (χ4n) is 6.16. The molecule has 0 aromatic carbocycles. The first-order valence-electron chi connectivity index (χ1n) is 11.8. The highest BCUT2D eigenvalue weighted by molar-refractivity contribution is 5.82. The van der Waals surface area contributed by atoms with Gasteiger partial charge in [0, 0.05) is 25.2 Å². The van der Waals surface area contributed by atoms with E-state index in [2.05, 4.69) is 0 Å². The molecule has 26 heavy (non-hydrogen) atoms. The number of rotatable bonds is 7. The largest absolute Gasteiger partial charge is 0.300 e. The van der Waals surface area contributed by atoms with Gasteiger partial charge >= 0.3 is 0 Å². The molecule has 0 N–H and O–H groups in total. The van der Waals surface area contributed by atoms with E-state index >= 15 is 0 Å². The fraction of sp³-hybridized carbons (Fsp3) is 0.917. The molecular weight excluding hydrogens is 320 g/mol. The number of ketones is 2. The van der Waals surface area contributed by atoms with Crippen LogP contribution in [0, 0.1) is 23.7 Å². The Kier molecular flexibility index (Phi) is 8.20. The predicted octanol–water partition coefficient (Wildman–Crippen LogP) is 6.65. The van der Waals surface area contributed by atoms with Gasteiger partial charge in [-0.05, 0) is 49.9 Å². The van der Waals surface area contributed by atoms with Crippen molar-refractivity contribution in [1.29, 1.82) is 0 Å². The van der Waals surface area contributed by atoms with Crippen molar-refractivity contribution < 1.29 is 9.59 Å². The minimum atomic E-state index is 0.298. The molecule has 3 unspecified atom stereocenters. The molecule has 148 valence electrons. The van der Waals surface area contributed by atoms with Crippen molar-refractivity contribution in [2.75, 3.05) is 0 Å². The highest BCUT2D eigenvalue weighted by Crippen LogP contribution is 2.45. The normalized spacial score (nSPS) is 30.8. The molecule has 3 aliphatic rings. The molecule has 0 heterocycles. The van der Waals surface area contributed by atoms with Gasteiger partial charge in [0.2, 0.25) is 0 Å². The second-order valence-electron chi connectivity index (χ2n) is 9.50. The van der Waals surface area contributed by atoms with Crippen molar-refractivity contribution in [3.8, 4) is 0 Å². The molecule has 0 aromatic rings. The molecule has 0 saturated heterocycles. The summed E-state index contributed by atoms with van der Waals surface area (Å²) in [6.45, 7) is 0. The van der Waals surface area contributed by atoms with Crippen LogP contribution in [0.3, 0.4) is 0 Å². The zero-order valence-electron chi connectivity index (χ0n) is 16.9. The lowest BCUT2D eigenvalue weighted by Gasteiger charge is -2.41. The summed E-state index contributed by atoms with van der Waals surface area (Å²) in [7, 11) is 0. The molecule has 3 saturated carbocycles. The number of carbonyl (C=O) groups excluding carboxylic acids is 2. The second-order valence-corrected chi connectivity index (χ2v) is 9.50. The van der Waals surface area contributed by atoms with Gasteiger partial charge in [0.1, 0.15) is 11.6 Å². The molecule has 0 amide bonds. The summed E-state index contributed by atoms with van der Waals surface area (Å²) in [6, 6.07) is 0. The van der Waals surface area contributed by atoms with Crippen molar-refractivity contribution in [2.45, 2.75) is 116 Å². The van der Waals surface area contributed by atoms with E-state index in [9.17, 15) is 9.59 Å². The predicted molar refractivity (Wildman–Crippen MR) is 107 cm³/mol. The van der Waals surface area contributed by atoms with Crippen LogP contribution < -0.4 is 0 Å². The van der Waals surface area contributed by atoms with E-state index in [1.54, 1.807) is 0 Å². The summed E-state index contributed by atoms with van der Waals surface area (Å²) >= 11 is 0. The minimum Gasteiger partial charge on any atom is -0.300 e. The minimum absolute atomic E-state index is 0.298. The first kappa shape index (κ1) is 20.1. The molecule has 0 spiro atoms. The number of hydrogen-bond donors (Lipinski definition) is 0. The number of carbonyl (C=O) groups is 2. The molecule has 0 radical (unpaired) electrons. The summed E-state index contributed by atoms with van der Waals surface area (Å²) in [5.41, 5.74) is 0. The topological polar surface area (TPSA) is 34.1 Å². The lowest BCUT2D eigenvalue weighted by atomic mass is 9.64. The number of hydrogen-bond acceptors (Lipinski definition) is 2. The van der Waals surface area contributed by atoms with Gasteiger partial charge < -0.3 is 0 Å². The molecule has 0 bridgehead atoms. The Labute approximate surface area is 160 Å². The van der Waals surface area contributed by atoms with Crippen LogP contribution in [0.15, 0.2) is 0 Å². The van der Waals surface area contributed by atoms with Crippen LogP contribution in [-0.4, -0.2) is 11.6 Å². The maximum absolute atomic E-state index is 12.5. The van der Waals surface area contributed by atoms with Crippen LogP contribution >= 0.6 is 0 Å². The third-order valence-corrected chi connectivity index (χ3v) is 7.65. The summed E-state index contributed by atoms with van der Waals surface area (Å²) < 4.78 is 0. The van der Waals surface area contributed by atoms with Gasteiger partial charge in [0.25, 0.3) is 0 Å². The Bertz CT molecular complexity index is 445. The van der Waals surface area contributed by atoms with Gasteiger partial charge in [-0.15, -0.1) is 0 Å². The van der Waals surface area contributed by atoms with Gasteiger partial charge in [0.05, 0.1) is 0 Å². The van der Waals surface area contributed by atoms with Crippen molar-refractivity contribution in [3.05, 3.63) is 0 Å². The van der Waals surface area contributed by atoms with Crippen LogP contribution in [0.1, 0.15) is 116 Å². The quantitative estimate of drug-likeness (QED) is 0.509. The SMILES string of the molecule is O=C(CCCC(=O)C1CCCCCCC1)CC1CCCC2CCCCC21. The highest BCUT2D eigenvalue weighted by atomic mass is 16.1. The van der Waals surface area contributed by atoms with Crippen molar-refractivity contribution in [2.24, 2.45) is 23.7 Å². The van der Waals surface area contributed by atoms with Crippen LogP contribution in [0.25, 0.3) is 0 Å². The van der Waals surface area contributed by atoms with E-state index in [4.69, 9.17) is 0 Å². The van der Waals surface area contributed by atoms with Crippen molar-refractivity contribution in [1.82, 2.24) is 0 Å². The Morgan fingerprint density at radius 1 is 0.654 bits per heavy atom. The van der Waals surface area contributed by atoms with E-state index in [0.717, 1.165) is 37.5 Å². The van der Waals surface area contributed by atoms with Crippen LogP contribution in [-0.2, 0) is 9.59 Å². The Balaban J connectivity index is 1.36. The van der Waals surface area contributed by atoms with Crippen LogP contribution in [0.5, 0.6) is 0 Å². The Morgan fingerprint density at radius 2 is 1.31 bits per heavy atom. The molecule has 3 fully saturated rings. The second kappa shape index (κ2) is 10.6. The zero-order chi connectivity index (χ0) is 18.2. The summed E-state index contributed by atoms with van der Waals surface area (Å²) in [5.74, 6) is 3.58. The summed E-state index contributed by atoms with van der Waals surface area (Å²) in [5, 5.41) is 0. The number of fused-ring (bicyclic) bond motifs is 1. The first-order valence-corrected chi connectivity index (χ1v) is 11.8. The lowest BCUT2D eigenvalue weighted by Crippen LogP contribution is -2.32.